The van der Waals surface area contributed by atoms with E-state index in [0.717, 1.165) is 30.6 Å². The van der Waals surface area contributed by atoms with Crippen LogP contribution in [0, 0.1) is 0 Å². The van der Waals surface area contributed by atoms with E-state index < -0.39 is 0 Å². The van der Waals surface area contributed by atoms with Gasteiger partial charge in [-0.25, -0.2) is 4.79 Å². The van der Waals surface area contributed by atoms with Gasteiger partial charge in [-0.3, -0.25) is 0 Å². The van der Waals surface area contributed by atoms with E-state index in [0.29, 0.717) is 6.54 Å². The lowest BCUT2D eigenvalue weighted by atomic mass is 9.95. The molecule has 1 fully saturated rings. The van der Waals surface area contributed by atoms with Gasteiger partial charge in [0.1, 0.15) is 0 Å². The molecular formula is C16H25N3O2. The molecule has 1 aromatic rings. The van der Waals surface area contributed by atoms with Crippen LogP contribution < -0.4 is 11.1 Å². The smallest absolute Gasteiger partial charge is 0.321 e. The summed E-state index contributed by atoms with van der Waals surface area (Å²) >= 11 is 0. The molecule has 5 heteroatoms. The first-order valence-electron chi connectivity index (χ1n) is 7.40. The molecule has 3 N–H and O–H groups in total. The number of nitrogens with zero attached hydrogens (tertiary/aromatic N) is 1. The summed E-state index contributed by atoms with van der Waals surface area (Å²) < 4.78 is 5.52. The number of methoxy groups -OCH3 is 1. The second-order valence-corrected chi connectivity index (χ2v) is 6.02. The third kappa shape index (κ3) is 3.95. The SMILES string of the molecule is COC1(C)CCCN(C(=O)Nc2ccc(C(C)N)cc2)C1. The minimum Gasteiger partial charge on any atom is -0.377 e. The zero-order valence-electron chi connectivity index (χ0n) is 13.1. The molecule has 1 aliphatic rings. The average Bonchev–Trinajstić information content (AvgIpc) is 2.48. The number of ether oxygens (including phenoxy) is 1. The Hall–Kier alpha value is -1.59. The fraction of sp³-hybridized carbons (Fsp3) is 0.562. The molecule has 1 heterocycles. The number of likely N-dealkylation sites (tertiary alicyclic amines) is 1. The van der Waals surface area contributed by atoms with Crippen LogP contribution in [-0.4, -0.2) is 36.7 Å². The first-order valence-corrected chi connectivity index (χ1v) is 7.40. The topological polar surface area (TPSA) is 67.6 Å². The minimum atomic E-state index is -0.242. The molecule has 2 amide bonds. The summed E-state index contributed by atoms with van der Waals surface area (Å²) in [5.74, 6) is 0. The van der Waals surface area contributed by atoms with Gasteiger partial charge in [0.15, 0.2) is 0 Å². The highest BCUT2D eigenvalue weighted by atomic mass is 16.5. The number of rotatable bonds is 3. The molecule has 0 radical (unpaired) electrons. The van der Waals surface area contributed by atoms with Crippen LogP contribution in [0.25, 0.3) is 0 Å². The van der Waals surface area contributed by atoms with Crippen LogP contribution in [0.1, 0.15) is 38.3 Å². The predicted molar refractivity (Wildman–Crippen MR) is 84.3 cm³/mol. The van der Waals surface area contributed by atoms with Gasteiger partial charge < -0.3 is 20.7 Å². The largest absolute Gasteiger partial charge is 0.377 e. The maximum Gasteiger partial charge on any atom is 0.321 e. The molecule has 0 spiro atoms. The van der Waals surface area contributed by atoms with Gasteiger partial charge in [-0.2, -0.15) is 0 Å². The maximum absolute atomic E-state index is 12.3. The van der Waals surface area contributed by atoms with Gasteiger partial charge in [0, 0.05) is 25.4 Å². The van der Waals surface area contributed by atoms with Crippen LogP contribution >= 0.6 is 0 Å². The summed E-state index contributed by atoms with van der Waals surface area (Å²) in [6.07, 6.45) is 1.94. The Labute approximate surface area is 126 Å². The monoisotopic (exact) mass is 291 g/mol. The van der Waals surface area contributed by atoms with Crippen LogP contribution in [0.2, 0.25) is 0 Å². The highest BCUT2D eigenvalue weighted by molar-refractivity contribution is 5.89. The number of amides is 2. The quantitative estimate of drug-likeness (QED) is 0.899. The van der Waals surface area contributed by atoms with Crippen molar-refractivity contribution < 1.29 is 9.53 Å². The standard InChI is InChI=1S/C16H25N3O2/c1-12(17)13-5-7-14(8-6-13)18-15(20)19-10-4-9-16(2,11-19)21-3/h5-8,12H,4,9-11,17H2,1-3H3,(H,18,20). The summed E-state index contributed by atoms with van der Waals surface area (Å²) in [4.78, 5) is 14.1. The highest BCUT2D eigenvalue weighted by Gasteiger charge is 2.32. The lowest BCUT2D eigenvalue weighted by Crippen LogP contribution is -2.50. The van der Waals surface area contributed by atoms with Gasteiger partial charge in [-0.1, -0.05) is 12.1 Å². The van der Waals surface area contributed by atoms with Crippen LogP contribution in [0.15, 0.2) is 24.3 Å². The first kappa shape index (κ1) is 15.8. The zero-order valence-corrected chi connectivity index (χ0v) is 13.1. The third-order valence-corrected chi connectivity index (χ3v) is 4.13. The molecule has 0 bridgehead atoms. The molecular weight excluding hydrogens is 266 g/mol. The Balaban J connectivity index is 1.97. The normalized spacial score (nSPS) is 23.7. The van der Waals surface area contributed by atoms with E-state index in [9.17, 15) is 4.79 Å². The van der Waals surface area contributed by atoms with Gasteiger partial charge in [0.25, 0.3) is 0 Å². The Morgan fingerprint density at radius 1 is 1.43 bits per heavy atom. The number of nitrogens with two attached hydrogens (primary N) is 1. The van der Waals surface area contributed by atoms with Crippen molar-refractivity contribution in [2.45, 2.75) is 38.3 Å². The van der Waals surface area contributed by atoms with E-state index >= 15 is 0 Å². The molecule has 0 aliphatic carbocycles. The van der Waals surface area contributed by atoms with Crippen molar-refractivity contribution in [3.8, 4) is 0 Å². The summed E-state index contributed by atoms with van der Waals surface area (Å²) in [6, 6.07) is 7.57. The van der Waals surface area contributed by atoms with E-state index in [4.69, 9.17) is 10.5 Å². The van der Waals surface area contributed by atoms with E-state index in [1.807, 2.05) is 43.0 Å². The van der Waals surface area contributed by atoms with Crippen molar-refractivity contribution in [1.82, 2.24) is 4.90 Å². The van der Waals surface area contributed by atoms with Crippen LogP contribution in [0.5, 0.6) is 0 Å². The van der Waals surface area contributed by atoms with Crippen molar-refractivity contribution in [3.63, 3.8) is 0 Å². The number of piperidine rings is 1. The lowest BCUT2D eigenvalue weighted by Gasteiger charge is -2.39. The molecule has 2 atom stereocenters. The number of hydrogen-bond acceptors (Lipinski definition) is 3. The maximum atomic E-state index is 12.3. The van der Waals surface area contributed by atoms with Gasteiger partial charge >= 0.3 is 6.03 Å². The van der Waals surface area contributed by atoms with Gasteiger partial charge in [-0.15, -0.1) is 0 Å². The number of carbonyl (C=O) groups excluding carboxylic acids is 1. The van der Waals surface area contributed by atoms with Gasteiger partial charge in [0.05, 0.1) is 12.1 Å². The molecule has 116 valence electrons. The molecule has 1 aliphatic heterocycles. The van der Waals surface area contributed by atoms with Crippen molar-refractivity contribution in [2.24, 2.45) is 5.73 Å². The Morgan fingerprint density at radius 2 is 2.10 bits per heavy atom. The summed E-state index contributed by atoms with van der Waals surface area (Å²) in [7, 11) is 1.70. The summed E-state index contributed by atoms with van der Waals surface area (Å²) in [6.45, 7) is 5.37. The fourth-order valence-corrected chi connectivity index (χ4v) is 2.62. The van der Waals surface area contributed by atoms with E-state index in [-0.39, 0.29) is 17.7 Å². The lowest BCUT2D eigenvalue weighted by molar-refractivity contribution is -0.0389. The number of benzene rings is 1. The average molecular weight is 291 g/mol. The van der Waals surface area contributed by atoms with E-state index in [2.05, 4.69) is 5.32 Å². The van der Waals surface area contributed by atoms with Crippen molar-refractivity contribution in [3.05, 3.63) is 29.8 Å². The summed E-state index contributed by atoms with van der Waals surface area (Å²) in [5, 5.41) is 2.93. The van der Waals surface area contributed by atoms with Gasteiger partial charge in [0.2, 0.25) is 0 Å². The third-order valence-electron chi connectivity index (χ3n) is 4.13. The number of nitrogens with one attached hydrogen (secondary N) is 1. The van der Waals surface area contributed by atoms with E-state index in [1.54, 1.807) is 7.11 Å². The van der Waals surface area contributed by atoms with Crippen LogP contribution in [0.4, 0.5) is 10.5 Å². The molecule has 1 saturated heterocycles. The molecule has 0 saturated carbocycles. The van der Waals surface area contributed by atoms with Crippen molar-refractivity contribution >= 4 is 11.7 Å². The highest BCUT2D eigenvalue weighted by Crippen LogP contribution is 2.24. The molecule has 2 rings (SSSR count). The number of urea groups is 1. The molecule has 0 aromatic heterocycles. The molecule has 2 unspecified atom stereocenters. The van der Waals surface area contributed by atoms with Crippen LogP contribution in [0.3, 0.4) is 0 Å². The Kier molecular flexibility index (Phi) is 4.85. The Morgan fingerprint density at radius 3 is 2.67 bits per heavy atom. The zero-order chi connectivity index (χ0) is 15.5. The molecule has 21 heavy (non-hydrogen) atoms. The van der Waals surface area contributed by atoms with Crippen LogP contribution in [-0.2, 0) is 4.74 Å². The number of hydrogen-bond donors (Lipinski definition) is 2. The minimum absolute atomic E-state index is 0.000688. The molecule has 5 nitrogen and oxygen atoms in total. The second-order valence-electron chi connectivity index (χ2n) is 6.02. The first-order chi connectivity index (χ1) is 9.93. The number of anilines is 1. The van der Waals surface area contributed by atoms with Gasteiger partial charge in [-0.05, 0) is 44.4 Å². The molecule has 1 aromatic carbocycles. The fourth-order valence-electron chi connectivity index (χ4n) is 2.62. The second kappa shape index (κ2) is 6.45. The van der Waals surface area contributed by atoms with Crippen molar-refractivity contribution in [2.75, 3.05) is 25.5 Å². The predicted octanol–water partition coefficient (Wildman–Crippen LogP) is 2.74. The Bertz CT molecular complexity index is 487. The van der Waals surface area contributed by atoms with Crippen molar-refractivity contribution in [1.29, 1.82) is 0 Å². The van der Waals surface area contributed by atoms with E-state index in [1.165, 1.54) is 0 Å². The summed E-state index contributed by atoms with van der Waals surface area (Å²) in [5.41, 5.74) is 7.42. The number of carbonyl (C=O) groups is 1.